The molecule has 0 bridgehead atoms. The first-order valence-corrected chi connectivity index (χ1v) is 13.8. The van der Waals surface area contributed by atoms with E-state index in [1.54, 1.807) is 21.7 Å². The van der Waals surface area contributed by atoms with Gasteiger partial charge in [-0.1, -0.05) is 75.4 Å². The van der Waals surface area contributed by atoms with E-state index in [4.69, 9.17) is 4.74 Å². The Balaban J connectivity index is 1.65. The van der Waals surface area contributed by atoms with E-state index in [0.717, 1.165) is 5.56 Å². The average Bonchev–Trinajstić information content (AvgIpc) is 3.21. The summed E-state index contributed by atoms with van der Waals surface area (Å²) in [5.74, 6) is -2.08. The molecule has 1 aromatic carbocycles. The molecule has 4 heterocycles. The largest absolute Gasteiger partial charge is 0.394 e. The molecule has 1 unspecified atom stereocenters. The fraction of sp³-hybridized carbons (Fsp3) is 0.567. The number of hydrogen-bond donors (Lipinski definition) is 1. The molecular formula is C30H39N3O5. The summed E-state index contributed by atoms with van der Waals surface area (Å²) in [7, 11) is 1.74. The number of nitrogens with zero attached hydrogens (tertiary/aromatic N) is 3. The van der Waals surface area contributed by atoms with Gasteiger partial charge in [-0.3, -0.25) is 14.4 Å². The van der Waals surface area contributed by atoms with Gasteiger partial charge in [-0.2, -0.15) is 0 Å². The van der Waals surface area contributed by atoms with Crippen LogP contribution in [0.5, 0.6) is 0 Å². The number of carbonyl (C=O) groups is 3. The molecular weight excluding hydrogens is 482 g/mol. The van der Waals surface area contributed by atoms with Crippen molar-refractivity contribution in [2.75, 3.05) is 26.7 Å². The lowest BCUT2D eigenvalue weighted by Gasteiger charge is -2.41. The van der Waals surface area contributed by atoms with Crippen LogP contribution in [0.15, 0.2) is 54.6 Å². The number of aliphatic hydroxyl groups excluding tert-OH is 1. The Morgan fingerprint density at radius 1 is 1.00 bits per heavy atom. The van der Waals surface area contributed by atoms with Crippen molar-refractivity contribution in [3.05, 3.63) is 60.2 Å². The van der Waals surface area contributed by atoms with Gasteiger partial charge in [0.2, 0.25) is 17.7 Å². The van der Waals surface area contributed by atoms with Crippen LogP contribution in [0.4, 0.5) is 0 Å². The molecule has 2 fully saturated rings. The summed E-state index contributed by atoms with van der Waals surface area (Å²) in [5.41, 5.74) is -1.30. The Morgan fingerprint density at radius 2 is 1.71 bits per heavy atom. The van der Waals surface area contributed by atoms with Gasteiger partial charge in [-0.05, 0) is 24.3 Å². The SMILES string of the molecule is CC[C@]12C=CCN(C)C(=O)[C@H]1[C@H]1C(=O)N([C@@H](CO)CC(C)C)C3C(=O)N(Cc4ccccc4)CC=C[C@@]31O2. The zero-order valence-corrected chi connectivity index (χ0v) is 22.7. The Labute approximate surface area is 224 Å². The van der Waals surface area contributed by atoms with Crippen LogP contribution in [0, 0.1) is 17.8 Å². The predicted octanol–water partition coefficient (Wildman–Crippen LogP) is 2.38. The smallest absolute Gasteiger partial charge is 0.249 e. The monoisotopic (exact) mass is 521 g/mol. The van der Waals surface area contributed by atoms with Gasteiger partial charge in [-0.25, -0.2) is 0 Å². The van der Waals surface area contributed by atoms with Crippen molar-refractivity contribution in [3.63, 3.8) is 0 Å². The Morgan fingerprint density at radius 3 is 2.37 bits per heavy atom. The molecule has 5 rings (SSSR count). The Hall–Kier alpha value is -2.97. The van der Waals surface area contributed by atoms with Gasteiger partial charge in [0.1, 0.15) is 11.6 Å². The van der Waals surface area contributed by atoms with Crippen molar-refractivity contribution in [1.29, 1.82) is 0 Å². The van der Waals surface area contributed by atoms with E-state index in [0.29, 0.717) is 32.5 Å². The summed E-state index contributed by atoms with van der Waals surface area (Å²) in [5, 5.41) is 10.5. The first-order chi connectivity index (χ1) is 18.2. The van der Waals surface area contributed by atoms with E-state index in [-0.39, 0.29) is 30.2 Å². The fourth-order valence-corrected chi connectivity index (χ4v) is 7.03. The highest BCUT2D eigenvalue weighted by atomic mass is 16.5. The molecule has 38 heavy (non-hydrogen) atoms. The van der Waals surface area contributed by atoms with Gasteiger partial charge >= 0.3 is 0 Å². The van der Waals surface area contributed by atoms with E-state index in [1.165, 1.54) is 0 Å². The lowest BCUT2D eigenvalue weighted by molar-refractivity contribution is -0.157. The lowest BCUT2D eigenvalue weighted by Crippen LogP contribution is -2.59. The van der Waals surface area contributed by atoms with E-state index in [2.05, 4.69) is 0 Å². The van der Waals surface area contributed by atoms with Gasteiger partial charge in [0.05, 0.1) is 30.1 Å². The molecule has 1 N–H and O–H groups in total. The number of ether oxygens (including phenoxy) is 1. The summed E-state index contributed by atoms with van der Waals surface area (Å²) in [6, 6.07) is 8.23. The zero-order chi connectivity index (χ0) is 27.2. The maximum absolute atomic E-state index is 14.5. The summed E-state index contributed by atoms with van der Waals surface area (Å²) < 4.78 is 6.95. The van der Waals surface area contributed by atoms with Crippen molar-refractivity contribution in [3.8, 4) is 0 Å². The maximum atomic E-state index is 14.5. The molecule has 3 amide bonds. The van der Waals surface area contributed by atoms with Gasteiger partial charge in [0, 0.05) is 26.7 Å². The van der Waals surface area contributed by atoms with Crippen LogP contribution < -0.4 is 0 Å². The summed E-state index contributed by atoms with van der Waals surface area (Å²) in [4.78, 5) is 47.7. The van der Waals surface area contributed by atoms with E-state index in [9.17, 15) is 19.5 Å². The Kier molecular flexibility index (Phi) is 6.99. The normalized spacial score (nSPS) is 33.4. The second-order valence-corrected chi connectivity index (χ2v) is 11.6. The molecule has 1 spiro atoms. The highest BCUT2D eigenvalue weighted by Gasteiger charge is 2.75. The first-order valence-electron chi connectivity index (χ1n) is 13.8. The molecule has 8 heteroatoms. The maximum Gasteiger partial charge on any atom is 0.249 e. The van der Waals surface area contributed by atoms with Gasteiger partial charge in [0.15, 0.2) is 0 Å². The van der Waals surface area contributed by atoms with Gasteiger partial charge in [0.25, 0.3) is 0 Å². The molecule has 6 atom stereocenters. The van der Waals surface area contributed by atoms with Crippen molar-refractivity contribution in [2.24, 2.45) is 17.8 Å². The molecule has 0 radical (unpaired) electrons. The van der Waals surface area contributed by atoms with Crippen LogP contribution in [0.25, 0.3) is 0 Å². The number of amides is 3. The van der Waals surface area contributed by atoms with Crippen LogP contribution >= 0.6 is 0 Å². The average molecular weight is 522 g/mol. The molecule has 1 aromatic rings. The highest BCUT2D eigenvalue weighted by molar-refractivity contribution is 6.00. The topological polar surface area (TPSA) is 90.4 Å². The lowest BCUT2D eigenvalue weighted by atomic mass is 9.73. The van der Waals surface area contributed by atoms with E-state index >= 15 is 0 Å². The standard InChI is InChI=1S/C30H39N3O5/c1-5-29-13-9-15-31(4)26(35)23(29)24-27(36)33(22(19-34)17-20(2)3)25-28(37)32(16-10-14-30(24,25)38-29)18-21-11-7-6-8-12-21/h6-14,20,22-25,34H,5,15-19H2,1-4H3/t22-,23-,24+,25?,29+,30+/m1/s1. The molecule has 4 aliphatic rings. The third-order valence-electron chi connectivity index (χ3n) is 8.73. The molecule has 0 aliphatic carbocycles. The van der Waals surface area contributed by atoms with Crippen molar-refractivity contribution < 1.29 is 24.2 Å². The van der Waals surface area contributed by atoms with E-state index < -0.39 is 35.1 Å². The minimum atomic E-state index is -1.30. The number of benzene rings is 1. The molecule has 0 aromatic heterocycles. The molecule has 8 nitrogen and oxygen atoms in total. The Bertz CT molecular complexity index is 1150. The molecule has 0 saturated carbocycles. The quantitative estimate of drug-likeness (QED) is 0.557. The van der Waals surface area contributed by atoms with Crippen LogP contribution in [0.3, 0.4) is 0 Å². The number of carbonyl (C=O) groups excluding carboxylic acids is 3. The minimum absolute atomic E-state index is 0.150. The molecule has 2 saturated heterocycles. The van der Waals surface area contributed by atoms with Gasteiger partial charge in [-0.15, -0.1) is 0 Å². The van der Waals surface area contributed by atoms with Crippen LogP contribution in [0.2, 0.25) is 0 Å². The summed E-state index contributed by atoms with van der Waals surface area (Å²) >= 11 is 0. The molecule has 204 valence electrons. The van der Waals surface area contributed by atoms with Crippen LogP contribution in [-0.2, 0) is 25.7 Å². The number of fused-ring (bicyclic) bond motifs is 2. The van der Waals surface area contributed by atoms with Crippen molar-refractivity contribution >= 4 is 17.7 Å². The predicted molar refractivity (Wildman–Crippen MR) is 143 cm³/mol. The van der Waals surface area contributed by atoms with E-state index in [1.807, 2.05) is 75.4 Å². The fourth-order valence-electron chi connectivity index (χ4n) is 7.03. The second-order valence-electron chi connectivity index (χ2n) is 11.6. The third-order valence-corrected chi connectivity index (χ3v) is 8.73. The second kappa shape index (κ2) is 9.97. The summed E-state index contributed by atoms with van der Waals surface area (Å²) in [6.07, 6.45) is 8.68. The van der Waals surface area contributed by atoms with Crippen LogP contribution in [0.1, 0.15) is 39.2 Å². The van der Waals surface area contributed by atoms with Crippen LogP contribution in [-0.4, -0.2) is 87.6 Å². The third kappa shape index (κ3) is 4.00. The van der Waals surface area contributed by atoms with Crippen molar-refractivity contribution in [2.45, 2.75) is 63.4 Å². The number of rotatable bonds is 7. The summed E-state index contributed by atoms with van der Waals surface area (Å²) in [6.45, 7) is 6.95. The highest BCUT2D eigenvalue weighted by Crippen LogP contribution is 2.59. The number of likely N-dealkylation sites (N-methyl/N-ethyl adjacent to an activating group) is 1. The number of hydrogen-bond acceptors (Lipinski definition) is 5. The minimum Gasteiger partial charge on any atom is -0.394 e. The van der Waals surface area contributed by atoms with Crippen molar-refractivity contribution in [1.82, 2.24) is 14.7 Å². The number of likely N-dealkylation sites (tertiary alicyclic amines) is 1. The molecule has 4 aliphatic heterocycles. The first kappa shape index (κ1) is 26.6. The zero-order valence-electron chi connectivity index (χ0n) is 22.7. The number of aliphatic hydroxyl groups is 1. The van der Waals surface area contributed by atoms with Gasteiger partial charge < -0.3 is 24.5 Å².